The van der Waals surface area contributed by atoms with E-state index in [-0.39, 0.29) is 11.7 Å². The number of rotatable bonds is 6. The van der Waals surface area contributed by atoms with Crippen LogP contribution in [0.3, 0.4) is 0 Å². The molecule has 0 fully saturated rings. The summed E-state index contributed by atoms with van der Waals surface area (Å²) in [5.41, 5.74) is 6.95. The van der Waals surface area contributed by atoms with Crippen LogP contribution in [0.2, 0.25) is 0 Å². The lowest BCUT2D eigenvalue weighted by atomic mass is 10.1. The molecule has 0 bridgehead atoms. The van der Waals surface area contributed by atoms with Crippen LogP contribution in [0.4, 0.5) is 4.39 Å². The van der Waals surface area contributed by atoms with Gasteiger partial charge in [0.25, 0.3) is 5.91 Å². The molecule has 156 valence electrons. The predicted molar refractivity (Wildman–Crippen MR) is 120 cm³/mol. The van der Waals surface area contributed by atoms with Gasteiger partial charge in [-0.3, -0.25) is 4.79 Å². The molecule has 1 N–H and O–H groups in total. The fraction of sp³-hybridized carbons (Fsp3) is 0.120. The number of hydrogen-bond acceptors (Lipinski definition) is 3. The van der Waals surface area contributed by atoms with Gasteiger partial charge in [0.1, 0.15) is 11.6 Å². The number of para-hydroxylation sites is 2. The lowest BCUT2D eigenvalue weighted by Crippen LogP contribution is -2.18. The van der Waals surface area contributed by atoms with Crippen LogP contribution in [0, 0.1) is 12.7 Å². The van der Waals surface area contributed by atoms with E-state index in [0.29, 0.717) is 17.9 Å². The molecule has 0 aliphatic carbocycles. The molecular weight excluding hydrogens is 393 g/mol. The van der Waals surface area contributed by atoms with E-state index < -0.39 is 0 Å². The molecule has 0 radical (unpaired) electrons. The van der Waals surface area contributed by atoms with Gasteiger partial charge in [-0.2, -0.15) is 5.10 Å². The molecular formula is C25H22FN3O2. The number of benzene rings is 3. The van der Waals surface area contributed by atoms with Crippen LogP contribution in [0.15, 0.2) is 77.9 Å². The van der Waals surface area contributed by atoms with E-state index in [0.717, 1.165) is 27.7 Å². The molecule has 0 saturated carbocycles. The molecule has 3 aromatic carbocycles. The van der Waals surface area contributed by atoms with Crippen molar-refractivity contribution in [3.05, 3.63) is 101 Å². The number of hydrazone groups is 1. The molecule has 0 unspecified atom stereocenters. The van der Waals surface area contributed by atoms with Gasteiger partial charge in [0.2, 0.25) is 0 Å². The normalized spacial score (nSPS) is 11.2. The summed E-state index contributed by atoms with van der Waals surface area (Å²) in [5.74, 6) is -0.111. The van der Waals surface area contributed by atoms with Gasteiger partial charge in [-0.15, -0.1) is 0 Å². The Morgan fingerprint density at radius 1 is 1.06 bits per heavy atom. The van der Waals surface area contributed by atoms with E-state index in [4.69, 9.17) is 4.74 Å². The van der Waals surface area contributed by atoms with Gasteiger partial charge in [-0.25, -0.2) is 9.82 Å². The second-order valence-corrected chi connectivity index (χ2v) is 7.13. The zero-order chi connectivity index (χ0) is 21.8. The standard InChI is InChI=1S/C25H22FN3O2/c1-17-22(15-27-28-25(30)21-8-4-6-10-24(21)31-2)20-7-3-5-9-23(20)29(17)16-18-11-13-19(26)14-12-18/h3-15H,16H2,1-2H3,(H,28,30)/b27-15-. The topological polar surface area (TPSA) is 55.6 Å². The first-order valence-electron chi connectivity index (χ1n) is 9.87. The van der Waals surface area contributed by atoms with Gasteiger partial charge in [0, 0.05) is 28.7 Å². The first-order chi connectivity index (χ1) is 15.1. The van der Waals surface area contributed by atoms with Crippen molar-refractivity contribution in [1.82, 2.24) is 9.99 Å². The maximum Gasteiger partial charge on any atom is 0.275 e. The maximum absolute atomic E-state index is 13.3. The maximum atomic E-state index is 13.3. The highest BCUT2D eigenvalue weighted by Crippen LogP contribution is 2.25. The third kappa shape index (κ3) is 4.19. The van der Waals surface area contributed by atoms with Gasteiger partial charge in [0.05, 0.1) is 18.9 Å². The number of halogens is 1. The van der Waals surface area contributed by atoms with E-state index in [1.165, 1.54) is 19.2 Å². The van der Waals surface area contributed by atoms with Crippen LogP contribution >= 0.6 is 0 Å². The number of carbonyl (C=O) groups excluding carboxylic acids is 1. The highest BCUT2D eigenvalue weighted by molar-refractivity contribution is 6.02. The van der Waals surface area contributed by atoms with Crippen molar-refractivity contribution in [2.24, 2.45) is 5.10 Å². The van der Waals surface area contributed by atoms with Crippen molar-refractivity contribution >= 4 is 23.0 Å². The predicted octanol–water partition coefficient (Wildman–Crippen LogP) is 4.91. The monoisotopic (exact) mass is 415 g/mol. The summed E-state index contributed by atoms with van der Waals surface area (Å²) < 4.78 is 20.7. The molecule has 0 aliphatic heterocycles. The highest BCUT2D eigenvalue weighted by atomic mass is 19.1. The van der Waals surface area contributed by atoms with Crippen molar-refractivity contribution in [3.8, 4) is 5.75 Å². The lowest BCUT2D eigenvalue weighted by Gasteiger charge is -2.09. The zero-order valence-corrected chi connectivity index (χ0v) is 17.3. The molecule has 4 rings (SSSR count). The minimum Gasteiger partial charge on any atom is -0.496 e. The van der Waals surface area contributed by atoms with Crippen LogP contribution in [0.1, 0.15) is 27.2 Å². The Balaban J connectivity index is 1.62. The third-order valence-corrected chi connectivity index (χ3v) is 5.24. The molecule has 1 aromatic heterocycles. The van der Waals surface area contributed by atoms with Crippen molar-refractivity contribution < 1.29 is 13.9 Å². The Labute approximate surface area is 179 Å². The van der Waals surface area contributed by atoms with E-state index in [1.807, 2.05) is 31.2 Å². The van der Waals surface area contributed by atoms with Gasteiger partial charge in [-0.1, -0.05) is 42.5 Å². The molecule has 31 heavy (non-hydrogen) atoms. The average molecular weight is 415 g/mol. The smallest absolute Gasteiger partial charge is 0.275 e. The molecule has 0 atom stereocenters. The summed E-state index contributed by atoms with van der Waals surface area (Å²) in [6.07, 6.45) is 1.66. The number of fused-ring (bicyclic) bond motifs is 1. The minimum absolute atomic E-state index is 0.253. The van der Waals surface area contributed by atoms with Crippen LogP contribution in [-0.2, 0) is 6.54 Å². The summed E-state index contributed by atoms with van der Waals surface area (Å²) in [7, 11) is 1.52. The number of ether oxygens (including phenoxy) is 1. The first kappa shape index (κ1) is 20.3. The summed E-state index contributed by atoms with van der Waals surface area (Å²) >= 11 is 0. The van der Waals surface area contributed by atoms with Crippen LogP contribution in [0.25, 0.3) is 10.9 Å². The second kappa shape index (κ2) is 8.83. The number of carbonyl (C=O) groups is 1. The quantitative estimate of drug-likeness (QED) is 0.359. The van der Waals surface area contributed by atoms with Crippen molar-refractivity contribution in [3.63, 3.8) is 0 Å². The first-order valence-corrected chi connectivity index (χ1v) is 9.87. The number of hydrogen-bond donors (Lipinski definition) is 1. The number of aromatic nitrogens is 1. The molecule has 0 saturated heterocycles. The van der Waals surface area contributed by atoms with Crippen molar-refractivity contribution in [2.75, 3.05) is 7.11 Å². The van der Waals surface area contributed by atoms with Gasteiger partial charge >= 0.3 is 0 Å². The van der Waals surface area contributed by atoms with E-state index in [2.05, 4.69) is 15.1 Å². The minimum atomic E-state index is -0.346. The molecule has 0 spiro atoms. The fourth-order valence-electron chi connectivity index (χ4n) is 3.64. The van der Waals surface area contributed by atoms with Crippen molar-refractivity contribution in [2.45, 2.75) is 13.5 Å². The average Bonchev–Trinajstić information content (AvgIpc) is 3.06. The number of amides is 1. The summed E-state index contributed by atoms with van der Waals surface area (Å²) in [5, 5.41) is 5.22. The fourth-order valence-corrected chi connectivity index (χ4v) is 3.64. The largest absolute Gasteiger partial charge is 0.496 e. The van der Waals surface area contributed by atoms with Crippen LogP contribution in [-0.4, -0.2) is 23.8 Å². The summed E-state index contributed by atoms with van der Waals surface area (Å²) in [6, 6.07) is 21.5. The van der Waals surface area contributed by atoms with Crippen molar-refractivity contribution in [1.29, 1.82) is 0 Å². The molecule has 5 nitrogen and oxygen atoms in total. The Hall–Kier alpha value is -3.93. The van der Waals surface area contributed by atoms with Crippen LogP contribution < -0.4 is 10.2 Å². The Morgan fingerprint density at radius 3 is 2.55 bits per heavy atom. The highest BCUT2D eigenvalue weighted by Gasteiger charge is 2.14. The molecule has 6 heteroatoms. The Morgan fingerprint density at radius 2 is 1.77 bits per heavy atom. The Kier molecular flexibility index (Phi) is 5.80. The van der Waals surface area contributed by atoms with E-state index in [9.17, 15) is 9.18 Å². The molecule has 0 aliphatic rings. The summed E-state index contributed by atoms with van der Waals surface area (Å²) in [6.45, 7) is 2.61. The Bertz CT molecular complexity index is 1260. The number of nitrogens with one attached hydrogen (secondary N) is 1. The molecule has 1 heterocycles. The lowest BCUT2D eigenvalue weighted by molar-refractivity contribution is 0.0952. The SMILES string of the molecule is COc1ccccc1C(=O)N/N=C\c1c(C)n(Cc2ccc(F)cc2)c2ccccc12. The molecule has 1 amide bonds. The van der Waals surface area contributed by atoms with E-state index in [1.54, 1.807) is 42.6 Å². The van der Waals surface area contributed by atoms with Crippen LogP contribution in [0.5, 0.6) is 5.75 Å². The third-order valence-electron chi connectivity index (χ3n) is 5.24. The zero-order valence-electron chi connectivity index (χ0n) is 17.3. The molecule has 4 aromatic rings. The van der Waals surface area contributed by atoms with Gasteiger partial charge in [0.15, 0.2) is 0 Å². The second-order valence-electron chi connectivity index (χ2n) is 7.13. The van der Waals surface area contributed by atoms with Gasteiger partial charge in [-0.05, 0) is 42.8 Å². The summed E-state index contributed by atoms with van der Waals surface area (Å²) in [4.78, 5) is 12.5. The number of methoxy groups -OCH3 is 1. The van der Waals surface area contributed by atoms with Gasteiger partial charge < -0.3 is 9.30 Å². The van der Waals surface area contributed by atoms with E-state index >= 15 is 0 Å². The number of nitrogens with zero attached hydrogens (tertiary/aromatic N) is 2.